The van der Waals surface area contributed by atoms with Crippen LogP contribution >= 0.6 is 15.9 Å². The topological polar surface area (TPSA) is 38.0 Å². The van der Waals surface area contributed by atoms with Crippen molar-refractivity contribution in [3.8, 4) is 5.69 Å². The van der Waals surface area contributed by atoms with Crippen molar-refractivity contribution in [1.29, 1.82) is 0 Å². The van der Waals surface area contributed by atoms with Gasteiger partial charge in [0.15, 0.2) is 0 Å². The quantitative estimate of drug-likeness (QED) is 0.922. The lowest BCUT2D eigenvalue weighted by Gasteiger charge is -2.14. The van der Waals surface area contributed by atoms with E-state index >= 15 is 0 Å². The van der Waals surface area contributed by atoms with Gasteiger partial charge in [0.05, 0.1) is 27.7 Å². The maximum absolute atomic E-state index is 13.8. The van der Waals surface area contributed by atoms with Crippen LogP contribution in [0, 0.1) is 19.7 Å². The molecule has 0 aliphatic heterocycles. The van der Waals surface area contributed by atoms with Gasteiger partial charge in [-0.25, -0.2) is 9.07 Å². The van der Waals surface area contributed by atoms with Crippen molar-refractivity contribution in [2.24, 2.45) is 0 Å². The van der Waals surface area contributed by atoms with E-state index in [-0.39, 0.29) is 5.56 Å². The standard InChI is InChI=1S/C13H14BrFN2O/c1-7-13(14)8(2)17(16-7)11-6-4-5-10(15)12(11)9(3)18/h4-6,9,18H,1-3H3. The molecule has 0 saturated heterocycles. The highest BCUT2D eigenvalue weighted by Crippen LogP contribution is 2.28. The second-order valence-corrected chi connectivity index (χ2v) is 5.04. The number of hydrogen-bond acceptors (Lipinski definition) is 2. The van der Waals surface area contributed by atoms with Gasteiger partial charge in [0.25, 0.3) is 0 Å². The first-order valence-electron chi connectivity index (χ1n) is 5.62. The van der Waals surface area contributed by atoms with E-state index in [1.807, 2.05) is 13.8 Å². The van der Waals surface area contributed by atoms with Crippen LogP contribution in [0.4, 0.5) is 4.39 Å². The smallest absolute Gasteiger partial charge is 0.131 e. The minimum absolute atomic E-state index is 0.260. The van der Waals surface area contributed by atoms with Crippen LogP contribution in [0.5, 0.6) is 0 Å². The first kappa shape index (κ1) is 13.2. The molecule has 0 fully saturated rings. The molecule has 1 atom stereocenters. The van der Waals surface area contributed by atoms with Crippen molar-refractivity contribution in [3.63, 3.8) is 0 Å². The van der Waals surface area contributed by atoms with E-state index in [4.69, 9.17) is 0 Å². The van der Waals surface area contributed by atoms with Gasteiger partial charge in [-0.3, -0.25) is 0 Å². The molecule has 2 aromatic rings. The monoisotopic (exact) mass is 312 g/mol. The van der Waals surface area contributed by atoms with Gasteiger partial charge in [0.2, 0.25) is 0 Å². The average Bonchev–Trinajstić information content (AvgIpc) is 2.56. The molecule has 0 spiro atoms. The first-order valence-corrected chi connectivity index (χ1v) is 6.41. The lowest BCUT2D eigenvalue weighted by Crippen LogP contribution is -2.08. The van der Waals surface area contributed by atoms with E-state index in [0.717, 1.165) is 15.9 Å². The molecule has 0 radical (unpaired) electrons. The van der Waals surface area contributed by atoms with E-state index in [1.54, 1.807) is 23.7 Å². The predicted octanol–water partition coefficient (Wildman–Crippen LogP) is 3.44. The Balaban J connectivity index is 2.71. The van der Waals surface area contributed by atoms with Gasteiger partial charge in [-0.1, -0.05) is 6.07 Å². The lowest BCUT2D eigenvalue weighted by atomic mass is 10.1. The maximum atomic E-state index is 13.8. The van der Waals surface area contributed by atoms with Crippen molar-refractivity contribution in [1.82, 2.24) is 9.78 Å². The van der Waals surface area contributed by atoms with Crippen LogP contribution in [-0.4, -0.2) is 14.9 Å². The van der Waals surface area contributed by atoms with Crippen LogP contribution in [0.25, 0.3) is 5.69 Å². The van der Waals surface area contributed by atoms with Gasteiger partial charge < -0.3 is 5.11 Å². The number of aliphatic hydroxyl groups is 1. The molecule has 18 heavy (non-hydrogen) atoms. The molecule has 2 rings (SSSR count). The molecule has 0 aliphatic carbocycles. The summed E-state index contributed by atoms with van der Waals surface area (Å²) in [5.74, 6) is -0.425. The molecule has 1 N–H and O–H groups in total. The number of rotatable bonds is 2. The van der Waals surface area contributed by atoms with Crippen molar-refractivity contribution >= 4 is 15.9 Å². The Hall–Kier alpha value is -1.20. The number of aromatic nitrogens is 2. The zero-order valence-electron chi connectivity index (χ0n) is 10.4. The zero-order chi connectivity index (χ0) is 13.4. The summed E-state index contributed by atoms with van der Waals surface area (Å²) in [6.07, 6.45) is -0.885. The molecule has 1 aromatic heterocycles. The predicted molar refractivity (Wildman–Crippen MR) is 71.3 cm³/mol. The molecular weight excluding hydrogens is 299 g/mol. The summed E-state index contributed by atoms with van der Waals surface area (Å²) in [5.41, 5.74) is 2.53. The molecule has 1 heterocycles. The zero-order valence-corrected chi connectivity index (χ0v) is 12.0. The van der Waals surface area contributed by atoms with Gasteiger partial charge in [0, 0.05) is 5.56 Å². The van der Waals surface area contributed by atoms with E-state index in [9.17, 15) is 9.50 Å². The normalized spacial score (nSPS) is 12.8. The van der Waals surface area contributed by atoms with Gasteiger partial charge in [0.1, 0.15) is 5.82 Å². The van der Waals surface area contributed by atoms with E-state index in [2.05, 4.69) is 21.0 Å². The molecule has 3 nitrogen and oxygen atoms in total. The maximum Gasteiger partial charge on any atom is 0.131 e. The lowest BCUT2D eigenvalue weighted by molar-refractivity contribution is 0.193. The fourth-order valence-electron chi connectivity index (χ4n) is 1.98. The van der Waals surface area contributed by atoms with Crippen LogP contribution in [-0.2, 0) is 0 Å². The van der Waals surface area contributed by atoms with Crippen molar-refractivity contribution in [2.75, 3.05) is 0 Å². The number of benzene rings is 1. The second-order valence-electron chi connectivity index (χ2n) is 4.25. The summed E-state index contributed by atoms with van der Waals surface area (Å²) in [7, 11) is 0. The van der Waals surface area contributed by atoms with Crippen LogP contribution < -0.4 is 0 Å². The minimum atomic E-state index is -0.885. The molecule has 96 valence electrons. The van der Waals surface area contributed by atoms with Crippen LogP contribution in [0.3, 0.4) is 0 Å². The molecule has 0 aliphatic rings. The second kappa shape index (κ2) is 4.82. The van der Waals surface area contributed by atoms with Crippen molar-refractivity contribution in [2.45, 2.75) is 26.9 Å². The molecule has 1 aromatic carbocycles. The van der Waals surface area contributed by atoms with Gasteiger partial charge in [-0.05, 0) is 48.8 Å². The third-order valence-electron chi connectivity index (χ3n) is 2.88. The molecule has 0 saturated carbocycles. The summed E-state index contributed by atoms with van der Waals surface area (Å²) < 4.78 is 16.3. The number of hydrogen-bond donors (Lipinski definition) is 1. The van der Waals surface area contributed by atoms with E-state index < -0.39 is 11.9 Å². The van der Waals surface area contributed by atoms with Crippen LogP contribution in [0.1, 0.15) is 30.0 Å². The summed E-state index contributed by atoms with van der Waals surface area (Å²) in [4.78, 5) is 0. The van der Waals surface area contributed by atoms with Crippen LogP contribution in [0.2, 0.25) is 0 Å². The Morgan fingerprint density at radius 3 is 2.56 bits per heavy atom. The third kappa shape index (κ3) is 2.08. The Morgan fingerprint density at radius 2 is 2.06 bits per heavy atom. The highest BCUT2D eigenvalue weighted by Gasteiger charge is 2.18. The molecular formula is C13H14BrFN2O. The molecule has 0 bridgehead atoms. The largest absolute Gasteiger partial charge is 0.389 e. The summed E-state index contributed by atoms with van der Waals surface area (Å²) in [6, 6.07) is 4.70. The highest BCUT2D eigenvalue weighted by atomic mass is 79.9. The Morgan fingerprint density at radius 1 is 1.39 bits per heavy atom. The summed E-state index contributed by atoms with van der Waals surface area (Å²) in [5, 5.41) is 14.1. The summed E-state index contributed by atoms with van der Waals surface area (Å²) in [6.45, 7) is 5.30. The fourth-order valence-corrected chi connectivity index (χ4v) is 2.23. The molecule has 5 heteroatoms. The number of nitrogens with zero attached hydrogens (tertiary/aromatic N) is 2. The number of halogens is 2. The first-order chi connectivity index (χ1) is 8.43. The summed E-state index contributed by atoms with van der Waals surface area (Å²) >= 11 is 3.44. The van der Waals surface area contributed by atoms with E-state index in [0.29, 0.717) is 5.69 Å². The Kier molecular flexibility index (Phi) is 3.54. The fraction of sp³-hybridized carbons (Fsp3) is 0.308. The highest BCUT2D eigenvalue weighted by molar-refractivity contribution is 9.10. The van der Waals surface area contributed by atoms with Crippen molar-refractivity contribution in [3.05, 3.63) is 45.4 Å². The van der Waals surface area contributed by atoms with E-state index in [1.165, 1.54) is 6.07 Å². The average molecular weight is 313 g/mol. The number of aryl methyl sites for hydroxylation is 1. The minimum Gasteiger partial charge on any atom is -0.389 e. The van der Waals surface area contributed by atoms with Crippen molar-refractivity contribution < 1.29 is 9.50 Å². The van der Waals surface area contributed by atoms with Crippen LogP contribution in [0.15, 0.2) is 22.7 Å². The Bertz CT molecular complexity index is 593. The molecule has 1 unspecified atom stereocenters. The number of aliphatic hydroxyl groups excluding tert-OH is 1. The molecule has 0 amide bonds. The third-order valence-corrected chi connectivity index (χ3v) is 4.03. The SMILES string of the molecule is Cc1nn(-c2cccc(F)c2C(C)O)c(C)c1Br. The van der Waals surface area contributed by atoms with Gasteiger partial charge >= 0.3 is 0 Å². The van der Waals surface area contributed by atoms with Gasteiger partial charge in [-0.2, -0.15) is 5.10 Å². The van der Waals surface area contributed by atoms with Gasteiger partial charge in [-0.15, -0.1) is 0 Å². The Labute approximate surface area is 113 Å².